The number of aliphatic hydroxyl groups is 1. The van der Waals surface area contributed by atoms with E-state index in [-0.39, 0.29) is 6.10 Å². The van der Waals surface area contributed by atoms with E-state index < -0.39 is 0 Å². The van der Waals surface area contributed by atoms with Gasteiger partial charge in [0.1, 0.15) is 0 Å². The zero-order chi connectivity index (χ0) is 24.6. The lowest BCUT2D eigenvalue weighted by atomic mass is 9.45. The molecule has 1 heterocycles. The Balaban J connectivity index is 1.09. The summed E-state index contributed by atoms with van der Waals surface area (Å²) >= 11 is 0. The third-order valence-corrected chi connectivity index (χ3v) is 13.7. The highest BCUT2D eigenvalue weighted by Crippen LogP contribution is 2.82. The molecule has 6 aliphatic rings. The number of ether oxygens (including phenoxy) is 2. The van der Waals surface area contributed by atoms with Gasteiger partial charge in [-0.05, 0) is 123 Å². The van der Waals surface area contributed by atoms with Gasteiger partial charge in [-0.2, -0.15) is 0 Å². The summed E-state index contributed by atoms with van der Waals surface area (Å²) in [5, 5.41) is 10.9. The van der Waals surface area contributed by atoms with Gasteiger partial charge in [0.25, 0.3) is 0 Å². The maximum Gasteiger partial charge on any atom is 0.0639 e. The van der Waals surface area contributed by atoms with Crippen molar-refractivity contribution in [1.82, 2.24) is 0 Å². The molecule has 5 aliphatic carbocycles. The average Bonchev–Trinajstić information content (AvgIpc) is 3.44. The number of unbranched alkanes of at least 4 members (excludes halogenated alkanes) is 1. The average molecular weight is 487 g/mol. The van der Waals surface area contributed by atoms with Crippen molar-refractivity contribution in [3.05, 3.63) is 0 Å². The van der Waals surface area contributed by atoms with Crippen LogP contribution in [0.2, 0.25) is 0 Å². The third-order valence-electron chi connectivity index (χ3n) is 13.7. The molecule has 1 saturated heterocycles. The lowest BCUT2D eigenvalue weighted by Crippen LogP contribution is -2.56. The monoisotopic (exact) mass is 486 g/mol. The molecule has 11 atom stereocenters. The Kier molecular flexibility index (Phi) is 6.26. The number of hydrogen-bond acceptors (Lipinski definition) is 3. The zero-order valence-electron chi connectivity index (χ0n) is 23.5. The fourth-order valence-corrected chi connectivity index (χ4v) is 11.7. The highest BCUT2D eigenvalue weighted by Gasteiger charge is 2.80. The van der Waals surface area contributed by atoms with Crippen molar-refractivity contribution in [3.8, 4) is 0 Å². The van der Waals surface area contributed by atoms with Crippen LogP contribution in [-0.4, -0.2) is 37.1 Å². The van der Waals surface area contributed by atoms with Gasteiger partial charge in [0.15, 0.2) is 0 Å². The molecule has 5 saturated carbocycles. The van der Waals surface area contributed by atoms with Crippen LogP contribution in [0.1, 0.15) is 118 Å². The molecular weight excluding hydrogens is 432 g/mol. The molecule has 1 spiro atoms. The molecule has 0 radical (unpaired) electrons. The summed E-state index contributed by atoms with van der Waals surface area (Å²) in [5.41, 5.74) is 1.45. The summed E-state index contributed by atoms with van der Waals surface area (Å²) in [6.07, 6.45) is 19.4. The molecule has 0 bridgehead atoms. The minimum atomic E-state index is -0.0794. The van der Waals surface area contributed by atoms with Crippen LogP contribution in [0.4, 0.5) is 0 Å². The molecular formula is C32H54O3. The normalized spacial score (nSPS) is 53.0. The summed E-state index contributed by atoms with van der Waals surface area (Å²) in [4.78, 5) is 0. The SMILES string of the molecule is CO[C@@H]1C[C@H]2[C@@H]3CC[C@H](CCCCC(C)(C)C4CCCCO4)[C@@]3(C)CC[C@@H]2[C@@]2(C)CC(O)[C@H]3C[C@]312. The first-order chi connectivity index (χ1) is 16.7. The lowest BCUT2D eigenvalue weighted by Gasteiger charge is -2.60. The predicted octanol–water partition coefficient (Wildman–Crippen LogP) is 7.40. The smallest absolute Gasteiger partial charge is 0.0639 e. The second kappa shape index (κ2) is 8.70. The largest absolute Gasteiger partial charge is 0.393 e. The molecule has 6 fully saturated rings. The van der Waals surface area contributed by atoms with E-state index >= 15 is 0 Å². The van der Waals surface area contributed by atoms with Gasteiger partial charge in [-0.1, -0.05) is 40.5 Å². The van der Waals surface area contributed by atoms with Crippen LogP contribution in [0.3, 0.4) is 0 Å². The molecule has 0 aromatic heterocycles. The van der Waals surface area contributed by atoms with E-state index in [9.17, 15) is 5.11 Å². The highest BCUT2D eigenvalue weighted by molar-refractivity contribution is 5.28. The van der Waals surface area contributed by atoms with E-state index in [2.05, 4.69) is 27.7 Å². The maximum absolute atomic E-state index is 10.9. The Morgan fingerprint density at radius 1 is 0.971 bits per heavy atom. The molecule has 3 nitrogen and oxygen atoms in total. The van der Waals surface area contributed by atoms with Crippen LogP contribution >= 0.6 is 0 Å². The summed E-state index contributed by atoms with van der Waals surface area (Å²) in [7, 11) is 1.96. The molecule has 0 aromatic rings. The van der Waals surface area contributed by atoms with E-state index in [1.165, 1.54) is 83.5 Å². The van der Waals surface area contributed by atoms with E-state index in [0.717, 1.165) is 36.7 Å². The molecule has 0 amide bonds. The van der Waals surface area contributed by atoms with Gasteiger partial charge in [-0.15, -0.1) is 0 Å². The maximum atomic E-state index is 10.9. The van der Waals surface area contributed by atoms with Crippen molar-refractivity contribution < 1.29 is 14.6 Å². The first kappa shape index (κ1) is 25.2. The Morgan fingerprint density at radius 3 is 2.51 bits per heavy atom. The zero-order valence-corrected chi connectivity index (χ0v) is 23.5. The molecule has 1 N–H and O–H groups in total. The van der Waals surface area contributed by atoms with Gasteiger partial charge in [0.2, 0.25) is 0 Å². The number of aliphatic hydroxyl groups excluding tert-OH is 1. The lowest BCUT2D eigenvalue weighted by molar-refractivity contribution is -0.160. The van der Waals surface area contributed by atoms with Crippen LogP contribution in [0.25, 0.3) is 0 Å². The van der Waals surface area contributed by atoms with Crippen molar-refractivity contribution in [2.45, 2.75) is 136 Å². The Labute approximate surface area is 215 Å². The van der Waals surface area contributed by atoms with Crippen molar-refractivity contribution in [3.63, 3.8) is 0 Å². The Morgan fingerprint density at radius 2 is 1.80 bits per heavy atom. The first-order valence-corrected chi connectivity index (χ1v) is 15.5. The van der Waals surface area contributed by atoms with Crippen LogP contribution in [-0.2, 0) is 9.47 Å². The van der Waals surface area contributed by atoms with Crippen molar-refractivity contribution in [2.24, 2.45) is 51.2 Å². The Bertz CT molecular complexity index is 788. The third kappa shape index (κ3) is 3.59. The van der Waals surface area contributed by atoms with Gasteiger partial charge >= 0.3 is 0 Å². The van der Waals surface area contributed by atoms with E-state index in [1.807, 2.05) is 7.11 Å². The standard InChI is InChI=1S/C32H54O3/c1-29(2,27-11-7-9-17-35-27)15-8-6-10-21-12-13-23-22-18-28(34-5)32-19-25(32)26(33)20-31(32,4)24(22)14-16-30(21,23)3/h21-28,33H,6-20H2,1-5H3/t21-,22-,23-,24-,25+,26?,27?,28+,30+,31+,32-/m0/s1. The second-order valence-corrected chi connectivity index (χ2v) is 15.3. The minimum Gasteiger partial charge on any atom is -0.393 e. The number of methoxy groups -OCH3 is 1. The van der Waals surface area contributed by atoms with E-state index in [4.69, 9.17) is 9.47 Å². The fourth-order valence-electron chi connectivity index (χ4n) is 11.7. The minimum absolute atomic E-state index is 0.0794. The fraction of sp³-hybridized carbons (Fsp3) is 1.00. The van der Waals surface area contributed by atoms with Gasteiger partial charge in [-0.25, -0.2) is 0 Å². The molecule has 2 unspecified atom stereocenters. The molecule has 200 valence electrons. The molecule has 0 aromatic carbocycles. The highest BCUT2D eigenvalue weighted by atomic mass is 16.5. The summed E-state index contributed by atoms with van der Waals surface area (Å²) in [6.45, 7) is 11.1. The van der Waals surface area contributed by atoms with Gasteiger partial charge in [-0.3, -0.25) is 0 Å². The predicted molar refractivity (Wildman–Crippen MR) is 141 cm³/mol. The van der Waals surface area contributed by atoms with Crippen LogP contribution in [0.15, 0.2) is 0 Å². The molecule has 3 heteroatoms. The number of fused-ring (bicyclic) bond motifs is 4. The molecule has 1 aliphatic heterocycles. The topological polar surface area (TPSA) is 38.7 Å². The van der Waals surface area contributed by atoms with Crippen LogP contribution < -0.4 is 0 Å². The molecule has 35 heavy (non-hydrogen) atoms. The second-order valence-electron chi connectivity index (χ2n) is 15.3. The van der Waals surface area contributed by atoms with Crippen molar-refractivity contribution in [1.29, 1.82) is 0 Å². The summed E-state index contributed by atoms with van der Waals surface area (Å²) in [6, 6.07) is 0. The van der Waals surface area contributed by atoms with E-state index in [1.54, 1.807) is 0 Å². The van der Waals surface area contributed by atoms with Crippen molar-refractivity contribution in [2.75, 3.05) is 13.7 Å². The van der Waals surface area contributed by atoms with Gasteiger partial charge in [0, 0.05) is 19.1 Å². The van der Waals surface area contributed by atoms with Crippen LogP contribution in [0.5, 0.6) is 0 Å². The number of hydrogen-bond donors (Lipinski definition) is 1. The Hall–Kier alpha value is -0.120. The molecule has 6 rings (SSSR count). The summed E-state index contributed by atoms with van der Waals surface area (Å²) < 4.78 is 12.4. The van der Waals surface area contributed by atoms with Crippen molar-refractivity contribution >= 4 is 0 Å². The summed E-state index contributed by atoms with van der Waals surface area (Å²) in [5.74, 6) is 3.93. The quantitative estimate of drug-likeness (QED) is 0.381. The van der Waals surface area contributed by atoms with E-state index in [0.29, 0.717) is 39.8 Å². The van der Waals surface area contributed by atoms with Crippen LogP contribution in [0, 0.1) is 51.2 Å². The first-order valence-electron chi connectivity index (χ1n) is 15.5. The van der Waals surface area contributed by atoms with Gasteiger partial charge in [0.05, 0.1) is 18.3 Å². The number of rotatable bonds is 7. The van der Waals surface area contributed by atoms with Gasteiger partial charge < -0.3 is 14.6 Å².